The molecule has 3 aliphatic rings. The quantitative estimate of drug-likeness (QED) is 0.696. The van der Waals surface area contributed by atoms with Crippen molar-refractivity contribution in [2.45, 2.75) is 76.7 Å². The molecule has 1 aliphatic carbocycles. The lowest BCUT2D eigenvalue weighted by atomic mass is 9.96. The Morgan fingerprint density at radius 2 is 1.09 bits per heavy atom. The van der Waals surface area contributed by atoms with E-state index in [-0.39, 0.29) is 0 Å². The van der Waals surface area contributed by atoms with Gasteiger partial charge in [0.15, 0.2) is 0 Å². The van der Waals surface area contributed by atoms with Crippen LogP contribution in [-0.4, -0.2) is 50.3 Å². The standard InChI is InChI=1S/C14H28N2.C4H10N2/c1-2-6-10-14(11-7-3-1)16-13-9-5-4-8-12-15-16;1-2-6-4-3-5-1/h14-15H,1-13H2;5-6H,1-4H2. The van der Waals surface area contributed by atoms with Crippen molar-refractivity contribution in [1.29, 1.82) is 0 Å². The average Bonchev–Trinajstić information content (AvgIpc) is 2.50. The molecule has 0 amide bonds. The Morgan fingerprint density at radius 1 is 0.545 bits per heavy atom. The van der Waals surface area contributed by atoms with Crippen LogP contribution in [0.5, 0.6) is 0 Å². The normalized spacial score (nSPS) is 26.7. The molecule has 2 heterocycles. The van der Waals surface area contributed by atoms with E-state index in [4.69, 9.17) is 0 Å². The number of hydrogen-bond acceptors (Lipinski definition) is 4. The zero-order valence-corrected chi connectivity index (χ0v) is 14.5. The highest BCUT2D eigenvalue weighted by Gasteiger charge is 2.19. The molecule has 0 aromatic heterocycles. The molecule has 22 heavy (non-hydrogen) atoms. The Kier molecular flexibility index (Phi) is 10.2. The zero-order chi connectivity index (χ0) is 15.3. The molecule has 4 nitrogen and oxygen atoms in total. The summed E-state index contributed by atoms with van der Waals surface area (Å²) in [5.74, 6) is 0. The molecule has 0 bridgehead atoms. The second-order valence-electron chi connectivity index (χ2n) is 7.01. The number of rotatable bonds is 1. The van der Waals surface area contributed by atoms with E-state index in [9.17, 15) is 0 Å². The van der Waals surface area contributed by atoms with Gasteiger partial charge in [-0.3, -0.25) is 5.43 Å². The lowest BCUT2D eigenvalue weighted by Gasteiger charge is -2.34. The molecule has 0 unspecified atom stereocenters. The van der Waals surface area contributed by atoms with Gasteiger partial charge in [0, 0.05) is 45.3 Å². The van der Waals surface area contributed by atoms with E-state index >= 15 is 0 Å². The highest BCUT2D eigenvalue weighted by atomic mass is 15.5. The van der Waals surface area contributed by atoms with Gasteiger partial charge in [0.05, 0.1) is 0 Å². The van der Waals surface area contributed by atoms with Crippen LogP contribution in [0.15, 0.2) is 0 Å². The number of piperazine rings is 1. The lowest BCUT2D eigenvalue weighted by molar-refractivity contribution is 0.0927. The van der Waals surface area contributed by atoms with E-state index in [1.807, 2.05) is 0 Å². The van der Waals surface area contributed by atoms with Crippen molar-refractivity contribution in [2.75, 3.05) is 39.3 Å². The maximum absolute atomic E-state index is 3.67. The van der Waals surface area contributed by atoms with Gasteiger partial charge in [-0.2, -0.15) is 0 Å². The lowest BCUT2D eigenvalue weighted by Crippen LogP contribution is -2.47. The molecule has 0 spiro atoms. The Morgan fingerprint density at radius 3 is 1.73 bits per heavy atom. The smallest absolute Gasteiger partial charge is 0.0243 e. The van der Waals surface area contributed by atoms with E-state index in [1.165, 1.54) is 83.7 Å². The first kappa shape index (κ1) is 18.2. The molecule has 0 atom stereocenters. The third-order valence-electron chi connectivity index (χ3n) is 5.11. The van der Waals surface area contributed by atoms with E-state index in [2.05, 4.69) is 21.1 Å². The highest BCUT2D eigenvalue weighted by molar-refractivity contribution is 4.72. The fourth-order valence-corrected chi connectivity index (χ4v) is 3.72. The second kappa shape index (κ2) is 12.3. The summed E-state index contributed by atoms with van der Waals surface area (Å²) in [5.41, 5.74) is 3.67. The van der Waals surface area contributed by atoms with E-state index in [0.29, 0.717) is 0 Å². The summed E-state index contributed by atoms with van der Waals surface area (Å²) in [7, 11) is 0. The molecule has 3 N–H and O–H groups in total. The van der Waals surface area contributed by atoms with Gasteiger partial charge in [0.25, 0.3) is 0 Å². The van der Waals surface area contributed by atoms with E-state index in [0.717, 1.165) is 32.2 Å². The van der Waals surface area contributed by atoms with Crippen LogP contribution in [0.25, 0.3) is 0 Å². The van der Waals surface area contributed by atoms with Crippen LogP contribution in [0.3, 0.4) is 0 Å². The van der Waals surface area contributed by atoms with E-state index < -0.39 is 0 Å². The SMILES string of the molecule is C1CCCC(N2CCCCCCN2)CCC1.C1CNCCN1. The minimum atomic E-state index is 0.832. The van der Waals surface area contributed by atoms with E-state index in [1.54, 1.807) is 0 Å². The van der Waals surface area contributed by atoms with Crippen LogP contribution in [0.1, 0.15) is 70.6 Å². The summed E-state index contributed by atoms with van der Waals surface area (Å²) >= 11 is 0. The summed E-state index contributed by atoms with van der Waals surface area (Å²) < 4.78 is 0. The fraction of sp³-hybridized carbons (Fsp3) is 1.00. The highest BCUT2D eigenvalue weighted by Crippen LogP contribution is 2.21. The summed E-state index contributed by atoms with van der Waals surface area (Å²) in [6.45, 7) is 7.04. The van der Waals surface area contributed by atoms with Crippen molar-refractivity contribution in [3.05, 3.63) is 0 Å². The largest absolute Gasteiger partial charge is 0.314 e. The van der Waals surface area contributed by atoms with Crippen molar-refractivity contribution in [3.8, 4) is 0 Å². The predicted octanol–water partition coefficient (Wildman–Crippen LogP) is 2.66. The van der Waals surface area contributed by atoms with Crippen molar-refractivity contribution >= 4 is 0 Å². The molecular formula is C18H38N4. The fourth-order valence-electron chi connectivity index (χ4n) is 3.72. The van der Waals surface area contributed by atoms with Crippen molar-refractivity contribution in [1.82, 2.24) is 21.1 Å². The third kappa shape index (κ3) is 7.91. The molecule has 0 aromatic rings. The maximum Gasteiger partial charge on any atom is 0.0243 e. The third-order valence-corrected chi connectivity index (χ3v) is 5.11. The minimum Gasteiger partial charge on any atom is -0.314 e. The molecule has 2 saturated heterocycles. The van der Waals surface area contributed by atoms with Gasteiger partial charge in [0.1, 0.15) is 0 Å². The first-order valence-corrected chi connectivity index (χ1v) is 9.88. The van der Waals surface area contributed by atoms with Crippen LogP contribution in [0, 0.1) is 0 Å². The first-order valence-electron chi connectivity index (χ1n) is 9.88. The monoisotopic (exact) mass is 310 g/mol. The van der Waals surface area contributed by atoms with Crippen molar-refractivity contribution < 1.29 is 0 Å². The van der Waals surface area contributed by atoms with Gasteiger partial charge in [-0.15, -0.1) is 0 Å². The van der Waals surface area contributed by atoms with Gasteiger partial charge >= 0.3 is 0 Å². The van der Waals surface area contributed by atoms with Gasteiger partial charge in [-0.25, -0.2) is 5.01 Å². The summed E-state index contributed by atoms with van der Waals surface area (Å²) in [6.07, 6.45) is 15.8. The molecule has 3 rings (SSSR count). The summed E-state index contributed by atoms with van der Waals surface area (Å²) in [6, 6.07) is 0.832. The van der Waals surface area contributed by atoms with Crippen molar-refractivity contribution in [3.63, 3.8) is 0 Å². The predicted molar refractivity (Wildman–Crippen MR) is 95.0 cm³/mol. The van der Waals surface area contributed by atoms with Crippen LogP contribution in [0.2, 0.25) is 0 Å². The zero-order valence-electron chi connectivity index (χ0n) is 14.5. The molecule has 1 saturated carbocycles. The first-order chi connectivity index (χ1) is 11.0. The molecule has 0 aromatic carbocycles. The molecule has 3 fully saturated rings. The Bertz CT molecular complexity index is 208. The number of hydrogen-bond donors (Lipinski definition) is 3. The van der Waals surface area contributed by atoms with Crippen LogP contribution < -0.4 is 16.1 Å². The van der Waals surface area contributed by atoms with Gasteiger partial charge in [-0.1, -0.05) is 44.9 Å². The maximum atomic E-state index is 3.67. The molecular weight excluding hydrogens is 272 g/mol. The summed E-state index contributed by atoms with van der Waals surface area (Å²) in [5, 5.41) is 9.03. The van der Waals surface area contributed by atoms with Crippen molar-refractivity contribution in [2.24, 2.45) is 0 Å². The summed E-state index contributed by atoms with van der Waals surface area (Å²) in [4.78, 5) is 0. The van der Waals surface area contributed by atoms with Crippen LogP contribution in [0.4, 0.5) is 0 Å². The van der Waals surface area contributed by atoms with Gasteiger partial charge in [0.2, 0.25) is 0 Å². The number of nitrogens with zero attached hydrogens (tertiary/aromatic N) is 1. The minimum absolute atomic E-state index is 0.832. The molecule has 0 radical (unpaired) electrons. The van der Waals surface area contributed by atoms with Gasteiger partial charge < -0.3 is 10.6 Å². The Hall–Kier alpha value is -0.160. The Balaban J connectivity index is 0.000000246. The number of nitrogens with one attached hydrogen (secondary N) is 3. The second-order valence-corrected chi connectivity index (χ2v) is 7.01. The van der Waals surface area contributed by atoms with Crippen LogP contribution >= 0.6 is 0 Å². The molecule has 2 aliphatic heterocycles. The Labute approximate surface area is 137 Å². The average molecular weight is 311 g/mol. The van der Waals surface area contributed by atoms with Crippen LogP contribution in [-0.2, 0) is 0 Å². The topological polar surface area (TPSA) is 39.3 Å². The molecule has 4 heteroatoms. The van der Waals surface area contributed by atoms with Gasteiger partial charge in [-0.05, 0) is 25.7 Å². The molecule has 130 valence electrons. The number of hydrazine groups is 1.